The summed E-state index contributed by atoms with van der Waals surface area (Å²) in [6.45, 7) is 3.63. The van der Waals surface area contributed by atoms with Crippen LogP contribution in [0.2, 0.25) is 5.02 Å². The van der Waals surface area contributed by atoms with Crippen molar-refractivity contribution >= 4 is 23.5 Å². The van der Waals surface area contributed by atoms with E-state index >= 15 is 0 Å². The number of nitrogens with one attached hydrogen (secondary N) is 1. The zero-order valence-electron chi connectivity index (χ0n) is 12.1. The number of carbonyl (C=O) groups excluding carboxylic acids is 1. The maximum atomic E-state index is 13.9. The van der Waals surface area contributed by atoms with E-state index in [1.54, 1.807) is 19.9 Å². The molecule has 0 atom stereocenters. The molecule has 1 aromatic rings. The lowest BCUT2D eigenvalue weighted by Gasteiger charge is -2.24. The third kappa shape index (κ3) is 5.01. The lowest BCUT2D eigenvalue weighted by Crippen LogP contribution is -2.41. The maximum absolute atomic E-state index is 13.9. The Morgan fingerprint density at radius 3 is 2.57 bits per heavy atom. The quantitative estimate of drug-likeness (QED) is 0.760. The highest BCUT2D eigenvalue weighted by molar-refractivity contribution is 6.30. The van der Waals surface area contributed by atoms with Crippen LogP contribution >= 0.6 is 11.6 Å². The molecule has 0 fully saturated rings. The van der Waals surface area contributed by atoms with E-state index in [1.807, 2.05) is 0 Å². The van der Waals surface area contributed by atoms with E-state index in [-0.39, 0.29) is 22.9 Å². The highest BCUT2D eigenvalue weighted by Gasteiger charge is 2.32. The number of unbranched alkanes of at least 4 members (excludes halogenated alkanes) is 1. The van der Waals surface area contributed by atoms with Gasteiger partial charge in [0.05, 0.1) is 5.41 Å². The van der Waals surface area contributed by atoms with Gasteiger partial charge in [0, 0.05) is 23.6 Å². The van der Waals surface area contributed by atoms with Crippen LogP contribution < -0.4 is 5.32 Å². The summed E-state index contributed by atoms with van der Waals surface area (Å²) in [6.07, 6.45) is 1.13. The molecule has 6 heteroatoms. The molecule has 0 saturated carbocycles. The van der Waals surface area contributed by atoms with E-state index < -0.39 is 17.2 Å². The van der Waals surface area contributed by atoms with Crippen LogP contribution in [-0.2, 0) is 15.0 Å². The van der Waals surface area contributed by atoms with E-state index in [4.69, 9.17) is 16.7 Å². The average Bonchev–Trinajstić information content (AvgIpc) is 2.37. The lowest BCUT2D eigenvalue weighted by molar-refractivity contribution is -0.137. The number of carboxylic acids is 1. The summed E-state index contributed by atoms with van der Waals surface area (Å²) in [6, 6.07) is 4.22. The highest BCUT2D eigenvalue weighted by atomic mass is 35.5. The van der Waals surface area contributed by atoms with E-state index in [0.717, 1.165) is 0 Å². The summed E-state index contributed by atoms with van der Waals surface area (Å²) in [5.41, 5.74) is -0.753. The van der Waals surface area contributed by atoms with E-state index in [2.05, 4.69) is 5.32 Å². The van der Waals surface area contributed by atoms with Crippen molar-refractivity contribution < 1.29 is 19.1 Å². The Morgan fingerprint density at radius 1 is 1.33 bits per heavy atom. The fourth-order valence-corrected chi connectivity index (χ4v) is 2.10. The molecular formula is C15H19ClFNO3. The standard InChI is InChI=1S/C15H19ClFNO3/c1-15(2,11-7-6-10(16)9-12(11)17)14(21)18-8-4-3-5-13(19)20/h6-7,9H,3-5,8H2,1-2H3,(H,18,21)(H,19,20). The van der Waals surface area contributed by atoms with Crippen LogP contribution in [0.15, 0.2) is 18.2 Å². The van der Waals surface area contributed by atoms with Gasteiger partial charge >= 0.3 is 5.97 Å². The van der Waals surface area contributed by atoms with Crippen LogP contribution in [0.3, 0.4) is 0 Å². The maximum Gasteiger partial charge on any atom is 0.303 e. The Hall–Kier alpha value is -1.62. The van der Waals surface area contributed by atoms with E-state index in [0.29, 0.717) is 19.4 Å². The van der Waals surface area contributed by atoms with Crippen molar-refractivity contribution in [1.82, 2.24) is 5.32 Å². The van der Waals surface area contributed by atoms with Crippen LogP contribution in [0.25, 0.3) is 0 Å². The molecule has 1 aromatic carbocycles. The largest absolute Gasteiger partial charge is 0.481 e. The Balaban J connectivity index is 2.60. The normalized spacial score (nSPS) is 11.2. The highest BCUT2D eigenvalue weighted by Crippen LogP contribution is 2.27. The molecule has 1 amide bonds. The second kappa shape index (κ2) is 7.41. The van der Waals surface area contributed by atoms with Crippen molar-refractivity contribution in [1.29, 1.82) is 0 Å². The third-order valence-electron chi connectivity index (χ3n) is 3.28. The fourth-order valence-electron chi connectivity index (χ4n) is 1.94. The first-order valence-corrected chi connectivity index (χ1v) is 7.08. The SMILES string of the molecule is CC(C)(C(=O)NCCCCC(=O)O)c1ccc(Cl)cc1F. The van der Waals surface area contributed by atoms with Crippen molar-refractivity contribution in [3.63, 3.8) is 0 Å². The van der Waals surface area contributed by atoms with E-state index in [1.165, 1.54) is 12.1 Å². The molecule has 21 heavy (non-hydrogen) atoms. The van der Waals surface area contributed by atoms with Gasteiger partial charge in [0.1, 0.15) is 5.82 Å². The van der Waals surface area contributed by atoms with Crippen molar-refractivity contribution in [2.45, 2.75) is 38.5 Å². The molecule has 0 heterocycles. The second-order valence-corrected chi connectivity index (χ2v) is 5.79. The number of hydrogen-bond donors (Lipinski definition) is 2. The zero-order valence-corrected chi connectivity index (χ0v) is 12.8. The number of halogens is 2. The van der Waals surface area contributed by atoms with Crippen molar-refractivity contribution in [2.75, 3.05) is 6.54 Å². The summed E-state index contributed by atoms with van der Waals surface area (Å²) in [5.74, 6) is -1.68. The molecule has 0 aliphatic carbocycles. The van der Waals surface area contributed by atoms with Gasteiger partial charge in [0.2, 0.25) is 5.91 Å². The second-order valence-electron chi connectivity index (χ2n) is 5.36. The van der Waals surface area contributed by atoms with Gasteiger partial charge in [-0.3, -0.25) is 9.59 Å². The molecule has 0 unspecified atom stereocenters. The predicted octanol–water partition coefficient (Wildman–Crippen LogP) is 3.13. The molecule has 0 spiro atoms. The van der Waals surface area contributed by atoms with Crippen molar-refractivity contribution in [2.24, 2.45) is 0 Å². The number of aliphatic carboxylic acids is 1. The molecule has 0 radical (unpaired) electrons. The predicted molar refractivity (Wildman–Crippen MR) is 78.9 cm³/mol. The van der Waals surface area contributed by atoms with Crippen LogP contribution in [0.4, 0.5) is 4.39 Å². The number of amides is 1. The molecule has 0 aliphatic rings. The van der Waals surface area contributed by atoms with Gasteiger partial charge in [-0.2, -0.15) is 0 Å². The minimum atomic E-state index is -1.03. The molecule has 2 N–H and O–H groups in total. The molecule has 4 nitrogen and oxygen atoms in total. The Labute approximate surface area is 128 Å². The summed E-state index contributed by atoms with van der Waals surface area (Å²) in [4.78, 5) is 22.5. The number of hydrogen-bond acceptors (Lipinski definition) is 2. The van der Waals surface area contributed by atoms with Gasteiger partial charge in [-0.1, -0.05) is 17.7 Å². The van der Waals surface area contributed by atoms with Crippen LogP contribution in [-0.4, -0.2) is 23.5 Å². The first-order valence-electron chi connectivity index (χ1n) is 6.70. The lowest BCUT2D eigenvalue weighted by atomic mass is 9.83. The molecule has 0 bridgehead atoms. The monoisotopic (exact) mass is 315 g/mol. The molecule has 0 aliphatic heterocycles. The first kappa shape index (κ1) is 17.4. The van der Waals surface area contributed by atoms with Gasteiger partial charge in [0.25, 0.3) is 0 Å². The molecular weight excluding hydrogens is 297 g/mol. The fraction of sp³-hybridized carbons (Fsp3) is 0.467. The first-order chi connectivity index (χ1) is 9.75. The van der Waals surface area contributed by atoms with Crippen LogP contribution in [0, 0.1) is 5.82 Å². The van der Waals surface area contributed by atoms with Crippen molar-refractivity contribution in [3.8, 4) is 0 Å². The molecule has 116 valence electrons. The van der Waals surface area contributed by atoms with Gasteiger partial charge in [-0.05, 0) is 38.8 Å². The number of carbonyl (C=O) groups is 2. The Bertz CT molecular complexity index is 532. The molecule has 0 aromatic heterocycles. The van der Waals surface area contributed by atoms with Crippen molar-refractivity contribution in [3.05, 3.63) is 34.6 Å². The average molecular weight is 316 g/mol. The van der Waals surface area contributed by atoms with Gasteiger partial charge in [0.15, 0.2) is 0 Å². The Morgan fingerprint density at radius 2 is 2.00 bits per heavy atom. The summed E-state index contributed by atoms with van der Waals surface area (Å²) < 4.78 is 13.9. The van der Waals surface area contributed by atoms with Gasteiger partial charge in [-0.25, -0.2) is 4.39 Å². The Kier molecular flexibility index (Phi) is 6.15. The van der Waals surface area contributed by atoms with Crippen LogP contribution in [0.5, 0.6) is 0 Å². The topological polar surface area (TPSA) is 66.4 Å². The van der Waals surface area contributed by atoms with Crippen LogP contribution in [0.1, 0.15) is 38.7 Å². The summed E-state index contributed by atoms with van der Waals surface area (Å²) >= 11 is 5.70. The van der Waals surface area contributed by atoms with E-state index in [9.17, 15) is 14.0 Å². The summed E-state index contributed by atoms with van der Waals surface area (Å²) in [5, 5.41) is 11.5. The van der Waals surface area contributed by atoms with Gasteiger partial charge < -0.3 is 10.4 Å². The van der Waals surface area contributed by atoms with Gasteiger partial charge in [-0.15, -0.1) is 0 Å². The zero-order chi connectivity index (χ0) is 16.0. The third-order valence-corrected chi connectivity index (χ3v) is 3.51. The molecule has 1 rings (SSSR count). The number of carboxylic acid groups (broad SMARTS) is 1. The molecule has 0 saturated heterocycles. The summed E-state index contributed by atoms with van der Waals surface area (Å²) in [7, 11) is 0. The smallest absolute Gasteiger partial charge is 0.303 e. The minimum absolute atomic E-state index is 0.0745. The number of rotatable bonds is 7. The minimum Gasteiger partial charge on any atom is -0.481 e. The number of benzene rings is 1.